The number of hydrogen-bond donors (Lipinski definition) is 2. The van der Waals surface area contributed by atoms with Crippen LogP contribution in [0.3, 0.4) is 0 Å². The maximum Gasteiger partial charge on any atom is 0.336 e. The molecule has 0 saturated carbocycles. The highest BCUT2D eigenvalue weighted by Crippen LogP contribution is 2.46. The van der Waals surface area contributed by atoms with Gasteiger partial charge in [0.2, 0.25) is 0 Å². The maximum absolute atomic E-state index is 13.6. The number of unbranched alkanes of at least 4 members (excludes halogenated alkanes) is 1. The highest BCUT2D eigenvalue weighted by atomic mass is 32.2. The van der Waals surface area contributed by atoms with Crippen LogP contribution in [0, 0.1) is 5.82 Å². The van der Waals surface area contributed by atoms with E-state index < -0.39 is 12.1 Å². The predicted molar refractivity (Wildman–Crippen MR) is 132 cm³/mol. The number of rotatable bonds is 10. The molecule has 0 saturated heterocycles. The van der Waals surface area contributed by atoms with Crippen LogP contribution in [0.4, 0.5) is 15.8 Å². The van der Waals surface area contributed by atoms with Crippen molar-refractivity contribution in [3.8, 4) is 5.75 Å². The first kappa shape index (κ1) is 25.7. The Hall–Kier alpha value is -1.94. The lowest BCUT2D eigenvalue weighted by atomic mass is 10.1. The van der Waals surface area contributed by atoms with Gasteiger partial charge in [0.25, 0.3) is 0 Å². The molecule has 0 amide bonds. The second-order valence-corrected chi connectivity index (χ2v) is 10.4. The highest BCUT2D eigenvalue weighted by molar-refractivity contribution is 7.99. The summed E-state index contributed by atoms with van der Waals surface area (Å²) < 4.78 is 21.6. The van der Waals surface area contributed by atoms with Crippen molar-refractivity contribution in [3.05, 3.63) is 42.2 Å². The van der Waals surface area contributed by atoms with Crippen molar-refractivity contribution in [1.82, 2.24) is 4.31 Å². The number of aliphatic hydroxyl groups is 1. The third kappa shape index (κ3) is 6.56. The number of carboxylic acids is 1. The second kappa shape index (κ2) is 12.0. The van der Waals surface area contributed by atoms with Gasteiger partial charge >= 0.3 is 5.97 Å². The van der Waals surface area contributed by atoms with Crippen molar-refractivity contribution in [1.29, 1.82) is 0 Å². The van der Waals surface area contributed by atoms with E-state index in [0.29, 0.717) is 5.75 Å². The van der Waals surface area contributed by atoms with Gasteiger partial charge in [-0.3, -0.25) is 0 Å². The first-order valence-corrected chi connectivity index (χ1v) is 12.9. The number of carbonyl (C=O) groups is 1. The highest BCUT2D eigenvalue weighted by Gasteiger charge is 2.29. The molecule has 6 nitrogen and oxygen atoms in total. The van der Waals surface area contributed by atoms with E-state index in [1.54, 1.807) is 35.8 Å². The number of aliphatic carboxylic acids is 1. The molecule has 0 aromatic heterocycles. The molecular formula is C24H31FN2O4S2. The molecule has 33 heavy (non-hydrogen) atoms. The molecule has 0 bridgehead atoms. The summed E-state index contributed by atoms with van der Waals surface area (Å²) in [5, 5.41) is 18.7. The zero-order chi connectivity index (χ0) is 24.0. The van der Waals surface area contributed by atoms with Crippen molar-refractivity contribution < 1.29 is 24.1 Å². The summed E-state index contributed by atoms with van der Waals surface area (Å²) >= 11 is 3.22. The van der Waals surface area contributed by atoms with Crippen LogP contribution >= 0.6 is 23.7 Å². The van der Waals surface area contributed by atoms with Gasteiger partial charge in [-0.1, -0.05) is 26.7 Å². The number of nitrogens with zero attached hydrogens (tertiary/aromatic N) is 2. The lowest BCUT2D eigenvalue weighted by Crippen LogP contribution is -2.35. The molecular weight excluding hydrogens is 463 g/mol. The fourth-order valence-corrected chi connectivity index (χ4v) is 5.49. The van der Waals surface area contributed by atoms with Crippen LogP contribution in [0.1, 0.15) is 33.1 Å². The van der Waals surface area contributed by atoms with E-state index in [0.717, 1.165) is 52.7 Å². The van der Waals surface area contributed by atoms with Crippen LogP contribution < -0.4 is 9.64 Å². The number of likely N-dealkylation sites (N-methyl/N-ethyl adjacent to an activating group) is 1. The zero-order valence-corrected chi connectivity index (χ0v) is 20.8. The molecule has 180 valence electrons. The molecule has 1 aliphatic heterocycles. The first-order chi connectivity index (χ1) is 15.8. The minimum atomic E-state index is -1.59. The van der Waals surface area contributed by atoms with Gasteiger partial charge in [0.05, 0.1) is 15.5 Å². The SMILES string of the molecule is CCCCC1CN(c2ccc(F)cc2)c2cc(SCC)c(OCC(O)C(=O)O)cc2SN1C. The number of fused-ring (bicyclic) bond motifs is 1. The Bertz CT molecular complexity index is 945. The van der Waals surface area contributed by atoms with Gasteiger partial charge in [-0.2, -0.15) is 0 Å². The van der Waals surface area contributed by atoms with Gasteiger partial charge in [-0.25, -0.2) is 13.5 Å². The van der Waals surface area contributed by atoms with Crippen molar-refractivity contribution >= 4 is 41.1 Å². The Morgan fingerprint density at radius 3 is 2.67 bits per heavy atom. The molecule has 1 aliphatic rings. The van der Waals surface area contributed by atoms with Crippen LogP contribution in [0.25, 0.3) is 0 Å². The van der Waals surface area contributed by atoms with Crippen molar-refractivity contribution in [3.63, 3.8) is 0 Å². The number of hydrogen-bond acceptors (Lipinski definition) is 7. The molecule has 2 aromatic carbocycles. The monoisotopic (exact) mass is 494 g/mol. The largest absolute Gasteiger partial charge is 0.489 e. The molecule has 0 spiro atoms. The summed E-state index contributed by atoms with van der Waals surface area (Å²) in [6.07, 6.45) is 1.67. The van der Waals surface area contributed by atoms with E-state index in [1.807, 2.05) is 13.0 Å². The summed E-state index contributed by atoms with van der Waals surface area (Å²) in [4.78, 5) is 15.1. The van der Waals surface area contributed by atoms with Gasteiger partial charge in [-0.15, -0.1) is 11.8 Å². The van der Waals surface area contributed by atoms with Gasteiger partial charge in [0.15, 0.2) is 6.10 Å². The number of halogens is 1. The molecule has 9 heteroatoms. The second-order valence-electron chi connectivity index (χ2n) is 7.89. The lowest BCUT2D eigenvalue weighted by Gasteiger charge is -2.30. The first-order valence-electron chi connectivity index (χ1n) is 11.1. The van der Waals surface area contributed by atoms with Gasteiger partial charge < -0.3 is 19.8 Å². The Morgan fingerprint density at radius 1 is 1.30 bits per heavy atom. The minimum absolute atomic E-state index is 0.272. The minimum Gasteiger partial charge on any atom is -0.489 e. The third-order valence-corrected chi connectivity index (χ3v) is 7.51. The maximum atomic E-state index is 13.6. The summed E-state index contributed by atoms with van der Waals surface area (Å²) in [6.45, 7) is 4.65. The Balaban J connectivity index is 2.04. The molecule has 2 aromatic rings. The van der Waals surface area contributed by atoms with Crippen LogP contribution in [0.5, 0.6) is 5.75 Å². The van der Waals surface area contributed by atoms with Crippen molar-refractivity contribution in [2.24, 2.45) is 0 Å². The number of aliphatic hydroxyl groups excluding tert-OH is 1. The number of carboxylic acid groups (broad SMARTS) is 1. The predicted octanol–water partition coefficient (Wildman–Crippen LogP) is 5.41. The smallest absolute Gasteiger partial charge is 0.336 e. The van der Waals surface area contributed by atoms with Gasteiger partial charge in [0.1, 0.15) is 18.2 Å². The molecule has 3 rings (SSSR count). The van der Waals surface area contributed by atoms with E-state index in [-0.39, 0.29) is 18.5 Å². The number of anilines is 2. The molecule has 2 atom stereocenters. The topological polar surface area (TPSA) is 73.2 Å². The summed E-state index contributed by atoms with van der Waals surface area (Å²) in [6, 6.07) is 10.8. The lowest BCUT2D eigenvalue weighted by molar-refractivity contribution is -0.148. The van der Waals surface area contributed by atoms with Crippen LogP contribution in [-0.4, -0.2) is 58.6 Å². The molecule has 2 unspecified atom stereocenters. The van der Waals surface area contributed by atoms with E-state index in [2.05, 4.69) is 29.2 Å². The number of benzene rings is 2. The fourth-order valence-electron chi connectivity index (χ4n) is 3.67. The average molecular weight is 495 g/mol. The zero-order valence-electron chi connectivity index (χ0n) is 19.2. The summed E-state index contributed by atoms with van der Waals surface area (Å²) in [7, 11) is 2.08. The molecule has 2 N–H and O–H groups in total. The normalized spacial score (nSPS) is 17.4. The fraction of sp³-hybridized carbons (Fsp3) is 0.458. The molecule has 0 radical (unpaired) electrons. The Morgan fingerprint density at radius 2 is 2.03 bits per heavy atom. The third-order valence-electron chi connectivity index (χ3n) is 5.48. The van der Waals surface area contributed by atoms with Gasteiger partial charge in [0, 0.05) is 18.3 Å². The summed E-state index contributed by atoms with van der Waals surface area (Å²) in [5.74, 6) is -0.234. The van der Waals surface area contributed by atoms with Crippen LogP contribution in [0.15, 0.2) is 46.2 Å². The van der Waals surface area contributed by atoms with Crippen LogP contribution in [0.2, 0.25) is 0 Å². The Labute approximate surface area is 203 Å². The number of ether oxygens (including phenoxy) is 1. The standard InChI is InChI=1S/C24H31FN2O4S2/c1-4-6-7-18-14-27(17-10-8-16(25)9-11-17)19-12-23(32-5-2)21(13-22(19)33-26(18)3)31-15-20(28)24(29)30/h8-13,18,20,28H,4-7,14-15H2,1-3H3,(H,29,30). The quantitative estimate of drug-likeness (QED) is 0.335. The average Bonchev–Trinajstić information content (AvgIpc) is 2.92. The van der Waals surface area contributed by atoms with E-state index in [9.17, 15) is 14.3 Å². The van der Waals surface area contributed by atoms with Gasteiger partial charge in [-0.05, 0) is 67.6 Å². The van der Waals surface area contributed by atoms with Crippen molar-refractivity contribution in [2.75, 3.05) is 30.9 Å². The Kier molecular flexibility index (Phi) is 9.31. The number of thioether (sulfide) groups is 1. The van der Waals surface area contributed by atoms with E-state index >= 15 is 0 Å². The molecule has 0 aliphatic carbocycles. The van der Waals surface area contributed by atoms with Crippen molar-refractivity contribution in [2.45, 2.75) is 55.0 Å². The molecule has 0 fully saturated rings. The summed E-state index contributed by atoms with van der Waals surface area (Å²) in [5.41, 5.74) is 1.91. The molecule has 1 heterocycles. The van der Waals surface area contributed by atoms with E-state index in [4.69, 9.17) is 9.84 Å². The van der Waals surface area contributed by atoms with E-state index in [1.165, 1.54) is 12.1 Å². The van der Waals surface area contributed by atoms with Crippen LogP contribution in [-0.2, 0) is 4.79 Å².